The zero-order valence-electron chi connectivity index (χ0n) is 10.1. The molecule has 6 heteroatoms. The van der Waals surface area contributed by atoms with Crippen molar-refractivity contribution in [2.45, 2.75) is 19.4 Å². The molecule has 1 aromatic rings. The first kappa shape index (κ1) is 13.2. The summed E-state index contributed by atoms with van der Waals surface area (Å²) in [6.45, 7) is 3.46. The van der Waals surface area contributed by atoms with E-state index in [-0.39, 0.29) is 12.2 Å². The van der Waals surface area contributed by atoms with Crippen LogP contribution in [0, 0.1) is 10.1 Å². The Morgan fingerprint density at radius 2 is 2.18 bits per heavy atom. The Kier molecular flexibility index (Phi) is 3.90. The molecule has 0 aromatic heterocycles. The number of rotatable bonds is 5. The van der Waals surface area contributed by atoms with Gasteiger partial charge in [0.25, 0.3) is 5.69 Å². The van der Waals surface area contributed by atoms with Crippen LogP contribution in [0.5, 0.6) is 5.75 Å². The van der Waals surface area contributed by atoms with E-state index in [1.165, 1.54) is 13.2 Å². The summed E-state index contributed by atoms with van der Waals surface area (Å²) < 4.78 is 4.92. The molecule has 0 heterocycles. The molecule has 0 amide bonds. The SMILES string of the molecule is COc1ccc(NCC(C)(C)O)c([N+](=O)[O-])c1. The van der Waals surface area contributed by atoms with Gasteiger partial charge in [0.15, 0.2) is 0 Å². The number of nitrogens with one attached hydrogen (secondary N) is 1. The molecule has 6 nitrogen and oxygen atoms in total. The number of aliphatic hydroxyl groups is 1. The normalized spacial score (nSPS) is 11.1. The summed E-state index contributed by atoms with van der Waals surface area (Å²) >= 11 is 0. The highest BCUT2D eigenvalue weighted by Gasteiger charge is 2.18. The van der Waals surface area contributed by atoms with E-state index >= 15 is 0 Å². The number of nitrogens with zero attached hydrogens (tertiary/aromatic N) is 1. The number of ether oxygens (including phenoxy) is 1. The van der Waals surface area contributed by atoms with Gasteiger partial charge in [0.2, 0.25) is 0 Å². The Morgan fingerprint density at radius 1 is 1.53 bits per heavy atom. The van der Waals surface area contributed by atoms with Gasteiger partial charge in [-0.25, -0.2) is 0 Å². The highest BCUT2D eigenvalue weighted by atomic mass is 16.6. The number of anilines is 1. The molecule has 94 valence electrons. The fourth-order valence-electron chi connectivity index (χ4n) is 1.25. The van der Waals surface area contributed by atoms with Crippen molar-refractivity contribution in [3.05, 3.63) is 28.3 Å². The van der Waals surface area contributed by atoms with Crippen LogP contribution >= 0.6 is 0 Å². The van der Waals surface area contributed by atoms with Crippen LogP contribution in [-0.2, 0) is 0 Å². The predicted molar refractivity (Wildman–Crippen MR) is 64.4 cm³/mol. The maximum absolute atomic E-state index is 10.9. The van der Waals surface area contributed by atoms with E-state index in [9.17, 15) is 15.2 Å². The molecule has 17 heavy (non-hydrogen) atoms. The number of hydrogen-bond acceptors (Lipinski definition) is 5. The molecule has 0 unspecified atom stereocenters. The van der Waals surface area contributed by atoms with Gasteiger partial charge in [-0.1, -0.05) is 0 Å². The smallest absolute Gasteiger partial charge is 0.296 e. The van der Waals surface area contributed by atoms with E-state index in [0.717, 1.165) is 0 Å². The fourth-order valence-corrected chi connectivity index (χ4v) is 1.25. The summed E-state index contributed by atoms with van der Waals surface area (Å²) in [5, 5.41) is 23.3. The average molecular weight is 240 g/mol. The third-order valence-corrected chi connectivity index (χ3v) is 2.11. The van der Waals surface area contributed by atoms with Crippen LogP contribution in [0.3, 0.4) is 0 Å². The van der Waals surface area contributed by atoms with Crippen molar-refractivity contribution >= 4 is 11.4 Å². The van der Waals surface area contributed by atoms with Gasteiger partial charge in [-0.05, 0) is 26.0 Å². The zero-order valence-corrected chi connectivity index (χ0v) is 10.1. The molecule has 1 rings (SSSR count). The predicted octanol–water partition coefficient (Wildman–Crippen LogP) is 1.79. The molecule has 0 radical (unpaired) electrons. The lowest BCUT2D eigenvalue weighted by atomic mass is 10.1. The lowest BCUT2D eigenvalue weighted by molar-refractivity contribution is -0.384. The van der Waals surface area contributed by atoms with E-state index in [1.54, 1.807) is 26.0 Å². The summed E-state index contributed by atoms with van der Waals surface area (Å²) in [7, 11) is 1.45. The Balaban J connectivity index is 2.95. The van der Waals surface area contributed by atoms with Gasteiger partial charge in [0.05, 0.1) is 23.7 Å². The summed E-state index contributed by atoms with van der Waals surface area (Å²) in [6, 6.07) is 4.52. The van der Waals surface area contributed by atoms with Gasteiger partial charge in [-0.3, -0.25) is 10.1 Å². The van der Waals surface area contributed by atoms with Crippen molar-refractivity contribution in [3.63, 3.8) is 0 Å². The number of hydrogen-bond donors (Lipinski definition) is 2. The van der Waals surface area contributed by atoms with E-state index < -0.39 is 10.5 Å². The van der Waals surface area contributed by atoms with E-state index in [1.807, 2.05) is 0 Å². The third-order valence-electron chi connectivity index (χ3n) is 2.11. The largest absolute Gasteiger partial charge is 0.496 e. The van der Waals surface area contributed by atoms with E-state index in [0.29, 0.717) is 11.4 Å². The first-order chi connectivity index (χ1) is 7.83. The highest BCUT2D eigenvalue weighted by molar-refractivity contribution is 5.64. The minimum Gasteiger partial charge on any atom is -0.496 e. The second kappa shape index (κ2) is 5.01. The Labute approximate surface area is 99.4 Å². The van der Waals surface area contributed by atoms with Crippen LogP contribution < -0.4 is 10.1 Å². The molecule has 0 bridgehead atoms. The molecule has 0 spiro atoms. The molecule has 0 aliphatic heterocycles. The van der Waals surface area contributed by atoms with Crippen LogP contribution in [0.25, 0.3) is 0 Å². The second-order valence-electron chi connectivity index (χ2n) is 4.31. The molecule has 1 aromatic carbocycles. The Hall–Kier alpha value is -1.82. The molecular weight excluding hydrogens is 224 g/mol. The maximum Gasteiger partial charge on any atom is 0.296 e. The quantitative estimate of drug-likeness (QED) is 0.605. The monoisotopic (exact) mass is 240 g/mol. The van der Waals surface area contributed by atoms with Crippen molar-refractivity contribution in [1.82, 2.24) is 0 Å². The van der Waals surface area contributed by atoms with Crippen molar-refractivity contribution < 1.29 is 14.8 Å². The first-order valence-electron chi connectivity index (χ1n) is 5.12. The van der Waals surface area contributed by atoms with Crippen molar-refractivity contribution in [3.8, 4) is 5.75 Å². The zero-order chi connectivity index (χ0) is 13.1. The van der Waals surface area contributed by atoms with E-state index in [2.05, 4.69) is 5.32 Å². The van der Waals surface area contributed by atoms with Crippen LogP contribution in [0.1, 0.15) is 13.8 Å². The molecule has 2 N–H and O–H groups in total. The van der Waals surface area contributed by atoms with E-state index in [4.69, 9.17) is 4.74 Å². The Morgan fingerprint density at radius 3 is 2.65 bits per heavy atom. The average Bonchev–Trinajstić information content (AvgIpc) is 2.25. The van der Waals surface area contributed by atoms with Crippen LogP contribution in [-0.4, -0.2) is 29.3 Å². The van der Waals surface area contributed by atoms with Gasteiger partial charge < -0.3 is 15.2 Å². The number of nitro benzene ring substituents is 1. The molecule has 0 aliphatic rings. The second-order valence-corrected chi connectivity index (χ2v) is 4.31. The van der Waals surface area contributed by atoms with Gasteiger partial charge >= 0.3 is 0 Å². The first-order valence-corrected chi connectivity index (χ1v) is 5.12. The van der Waals surface area contributed by atoms with Gasteiger partial charge in [-0.15, -0.1) is 0 Å². The van der Waals surface area contributed by atoms with Crippen molar-refractivity contribution in [2.75, 3.05) is 19.0 Å². The molecular formula is C11H16N2O4. The van der Waals surface area contributed by atoms with Gasteiger partial charge in [-0.2, -0.15) is 0 Å². The highest BCUT2D eigenvalue weighted by Crippen LogP contribution is 2.29. The minimum atomic E-state index is -0.937. The molecule has 0 saturated carbocycles. The number of nitro groups is 1. The maximum atomic E-state index is 10.9. The molecule has 0 atom stereocenters. The summed E-state index contributed by atoms with van der Waals surface area (Å²) in [5.41, 5.74) is -0.653. The number of benzene rings is 1. The lowest BCUT2D eigenvalue weighted by Crippen LogP contribution is -2.29. The third kappa shape index (κ3) is 3.92. The topological polar surface area (TPSA) is 84.6 Å². The Bertz CT molecular complexity index is 412. The molecule has 0 aliphatic carbocycles. The van der Waals surface area contributed by atoms with Crippen molar-refractivity contribution in [1.29, 1.82) is 0 Å². The van der Waals surface area contributed by atoms with Gasteiger partial charge in [0, 0.05) is 6.54 Å². The molecule has 0 saturated heterocycles. The van der Waals surface area contributed by atoms with Crippen LogP contribution in [0.2, 0.25) is 0 Å². The number of methoxy groups -OCH3 is 1. The van der Waals surface area contributed by atoms with Gasteiger partial charge in [0.1, 0.15) is 11.4 Å². The summed E-state index contributed by atoms with van der Waals surface area (Å²) in [4.78, 5) is 10.4. The molecule has 0 fully saturated rings. The summed E-state index contributed by atoms with van der Waals surface area (Å²) in [6.07, 6.45) is 0. The minimum absolute atomic E-state index is 0.0754. The summed E-state index contributed by atoms with van der Waals surface area (Å²) in [5.74, 6) is 0.422. The van der Waals surface area contributed by atoms with Crippen LogP contribution in [0.4, 0.5) is 11.4 Å². The lowest BCUT2D eigenvalue weighted by Gasteiger charge is -2.18. The van der Waals surface area contributed by atoms with Crippen LogP contribution in [0.15, 0.2) is 18.2 Å². The standard InChI is InChI=1S/C11H16N2O4/c1-11(2,14)7-12-9-5-4-8(17-3)6-10(9)13(15)16/h4-6,12,14H,7H2,1-3H3. The van der Waals surface area contributed by atoms with Crippen molar-refractivity contribution in [2.24, 2.45) is 0 Å². The fraction of sp³-hybridized carbons (Fsp3) is 0.455.